The van der Waals surface area contributed by atoms with Crippen LogP contribution in [0.15, 0.2) is 24.3 Å². The van der Waals surface area contributed by atoms with Crippen LogP contribution in [-0.2, 0) is 12.8 Å². The zero-order chi connectivity index (χ0) is 8.97. The van der Waals surface area contributed by atoms with Gasteiger partial charge < -0.3 is 5.73 Å². The molecule has 64 valence electrons. The van der Waals surface area contributed by atoms with Gasteiger partial charge in [0, 0.05) is 6.42 Å². The second kappa shape index (κ2) is 3.90. The van der Waals surface area contributed by atoms with Crippen LogP contribution in [0.1, 0.15) is 18.1 Å². The monoisotopic (exact) mass is 162 g/mol. The highest BCUT2D eigenvalue weighted by Crippen LogP contribution is 2.05. The van der Waals surface area contributed by atoms with Crippen LogP contribution in [-0.4, -0.2) is 5.84 Å². The molecule has 0 aliphatic carbocycles. The van der Waals surface area contributed by atoms with Crippen molar-refractivity contribution in [2.24, 2.45) is 5.73 Å². The van der Waals surface area contributed by atoms with Crippen LogP contribution in [0.4, 0.5) is 0 Å². The Labute approximate surface area is 72.9 Å². The van der Waals surface area contributed by atoms with Gasteiger partial charge in [-0.25, -0.2) is 0 Å². The Balaban J connectivity index is 2.71. The number of nitrogens with one attached hydrogen (secondary N) is 1. The fourth-order valence-electron chi connectivity index (χ4n) is 1.11. The Morgan fingerprint density at radius 2 is 1.75 bits per heavy atom. The average molecular weight is 162 g/mol. The van der Waals surface area contributed by atoms with Crippen LogP contribution < -0.4 is 5.73 Å². The minimum absolute atomic E-state index is 0.222. The molecule has 0 amide bonds. The number of hydrogen-bond acceptors (Lipinski definition) is 1. The summed E-state index contributed by atoms with van der Waals surface area (Å²) < 4.78 is 0. The van der Waals surface area contributed by atoms with Gasteiger partial charge >= 0.3 is 0 Å². The van der Waals surface area contributed by atoms with E-state index in [4.69, 9.17) is 11.1 Å². The summed E-state index contributed by atoms with van der Waals surface area (Å²) in [5.41, 5.74) is 7.71. The summed E-state index contributed by atoms with van der Waals surface area (Å²) in [4.78, 5) is 0. The fraction of sp³-hybridized carbons (Fsp3) is 0.300. The Kier molecular flexibility index (Phi) is 2.86. The molecule has 0 bridgehead atoms. The Bertz CT molecular complexity index is 262. The number of aryl methyl sites for hydroxylation is 1. The highest BCUT2D eigenvalue weighted by Gasteiger charge is 1.94. The summed E-state index contributed by atoms with van der Waals surface area (Å²) >= 11 is 0. The second-order valence-electron chi connectivity index (χ2n) is 2.87. The zero-order valence-corrected chi connectivity index (χ0v) is 7.30. The second-order valence-corrected chi connectivity index (χ2v) is 2.87. The number of benzene rings is 1. The topological polar surface area (TPSA) is 49.9 Å². The highest BCUT2D eigenvalue weighted by atomic mass is 14.7. The molecule has 0 aromatic heterocycles. The van der Waals surface area contributed by atoms with Crippen LogP contribution in [0.3, 0.4) is 0 Å². The minimum Gasteiger partial charge on any atom is -0.387 e. The number of hydrogen-bond donors (Lipinski definition) is 2. The molecule has 0 unspecified atom stereocenters. The van der Waals surface area contributed by atoms with Gasteiger partial charge in [0.1, 0.15) is 0 Å². The van der Waals surface area contributed by atoms with Crippen LogP contribution in [0.5, 0.6) is 0 Å². The molecule has 1 rings (SSSR count). The highest BCUT2D eigenvalue weighted by molar-refractivity contribution is 5.79. The Hall–Kier alpha value is -1.31. The minimum atomic E-state index is 0.222. The molecule has 0 radical (unpaired) electrons. The van der Waals surface area contributed by atoms with E-state index in [1.54, 1.807) is 0 Å². The van der Waals surface area contributed by atoms with Gasteiger partial charge in [0.25, 0.3) is 0 Å². The van der Waals surface area contributed by atoms with Gasteiger partial charge in [0.05, 0.1) is 5.84 Å². The standard InChI is InChI=1S/C10H14N2/c1-2-8-3-5-9(6-4-8)7-10(11)12/h3-6H,2,7H2,1H3,(H3,11,12). The Morgan fingerprint density at radius 3 is 2.17 bits per heavy atom. The third kappa shape index (κ3) is 2.38. The van der Waals surface area contributed by atoms with E-state index in [2.05, 4.69) is 19.1 Å². The third-order valence-electron chi connectivity index (χ3n) is 1.83. The summed E-state index contributed by atoms with van der Waals surface area (Å²) in [5.74, 6) is 0.222. The van der Waals surface area contributed by atoms with Crippen molar-refractivity contribution in [2.45, 2.75) is 19.8 Å². The van der Waals surface area contributed by atoms with Crippen molar-refractivity contribution < 1.29 is 0 Å². The first-order valence-electron chi connectivity index (χ1n) is 4.13. The maximum absolute atomic E-state index is 7.11. The van der Waals surface area contributed by atoms with E-state index in [9.17, 15) is 0 Å². The first-order chi connectivity index (χ1) is 5.72. The van der Waals surface area contributed by atoms with Gasteiger partial charge in [-0.2, -0.15) is 0 Å². The van der Waals surface area contributed by atoms with E-state index in [0.29, 0.717) is 6.42 Å². The molecule has 0 saturated carbocycles. The molecule has 0 fully saturated rings. The molecule has 3 N–H and O–H groups in total. The van der Waals surface area contributed by atoms with Crippen molar-refractivity contribution in [3.8, 4) is 0 Å². The van der Waals surface area contributed by atoms with Crippen molar-refractivity contribution in [1.29, 1.82) is 5.41 Å². The lowest BCUT2D eigenvalue weighted by atomic mass is 10.1. The number of nitrogens with two attached hydrogens (primary N) is 1. The number of rotatable bonds is 3. The summed E-state index contributed by atoms with van der Waals surface area (Å²) in [6, 6.07) is 8.22. The van der Waals surface area contributed by atoms with Gasteiger partial charge in [-0.15, -0.1) is 0 Å². The molecule has 0 aliphatic heterocycles. The van der Waals surface area contributed by atoms with Crippen LogP contribution in [0.25, 0.3) is 0 Å². The summed E-state index contributed by atoms with van der Waals surface area (Å²) in [7, 11) is 0. The zero-order valence-electron chi connectivity index (χ0n) is 7.30. The molecule has 0 atom stereocenters. The molecular formula is C10H14N2. The average Bonchev–Trinajstić information content (AvgIpc) is 2.05. The molecule has 1 aromatic rings. The van der Waals surface area contributed by atoms with Crippen LogP contribution in [0, 0.1) is 5.41 Å². The molecular weight excluding hydrogens is 148 g/mol. The van der Waals surface area contributed by atoms with Crippen molar-refractivity contribution in [2.75, 3.05) is 0 Å². The number of amidine groups is 1. The predicted molar refractivity (Wildman–Crippen MR) is 51.4 cm³/mol. The van der Waals surface area contributed by atoms with Gasteiger partial charge in [0.2, 0.25) is 0 Å². The maximum Gasteiger partial charge on any atom is 0.0950 e. The van der Waals surface area contributed by atoms with Gasteiger partial charge in [-0.05, 0) is 17.5 Å². The third-order valence-corrected chi connectivity index (χ3v) is 1.83. The molecule has 0 saturated heterocycles. The van der Waals surface area contributed by atoms with E-state index in [0.717, 1.165) is 12.0 Å². The Morgan fingerprint density at radius 1 is 1.25 bits per heavy atom. The maximum atomic E-state index is 7.11. The lowest BCUT2D eigenvalue weighted by Gasteiger charge is -2.00. The van der Waals surface area contributed by atoms with Crippen LogP contribution in [0.2, 0.25) is 0 Å². The van der Waals surface area contributed by atoms with Gasteiger partial charge in [-0.3, -0.25) is 5.41 Å². The van der Waals surface area contributed by atoms with Gasteiger partial charge in [0.15, 0.2) is 0 Å². The van der Waals surface area contributed by atoms with E-state index in [1.807, 2.05) is 12.1 Å². The lowest BCUT2D eigenvalue weighted by Crippen LogP contribution is -2.12. The van der Waals surface area contributed by atoms with Crippen molar-refractivity contribution in [1.82, 2.24) is 0 Å². The smallest absolute Gasteiger partial charge is 0.0950 e. The molecule has 0 spiro atoms. The predicted octanol–water partition coefficient (Wildman–Crippen LogP) is 1.73. The van der Waals surface area contributed by atoms with E-state index in [1.165, 1.54) is 5.56 Å². The molecule has 2 heteroatoms. The summed E-state index contributed by atoms with van der Waals surface area (Å²) in [6.45, 7) is 2.12. The SMILES string of the molecule is CCc1ccc(CC(=N)N)cc1. The first kappa shape index (κ1) is 8.78. The molecule has 0 aliphatic rings. The van der Waals surface area contributed by atoms with E-state index >= 15 is 0 Å². The van der Waals surface area contributed by atoms with Crippen molar-refractivity contribution in [3.63, 3.8) is 0 Å². The normalized spacial score (nSPS) is 9.75. The summed E-state index contributed by atoms with van der Waals surface area (Å²) in [6.07, 6.45) is 1.62. The largest absolute Gasteiger partial charge is 0.387 e. The fourth-order valence-corrected chi connectivity index (χ4v) is 1.11. The van der Waals surface area contributed by atoms with Gasteiger partial charge in [-0.1, -0.05) is 31.2 Å². The quantitative estimate of drug-likeness (QED) is 0.516. The van der Waals surface area contributed by atoms with E-state index in [-0.39, 0.29) is 5.84 Å². The van der Waals surface area contributed by atoms with E-state index < -0.39 is 0 Å². The first-order valence-corrected chi connectivity index (χ1v) is 4.13. The van der Waals surface area contributed by atoms with Crippen molar-refractivity contribution in [3.05, 3.63) is 35.4 Å². The van der Waals surface area contributed by atoms with Crippen molar-refractivity contribution >= 4 is 5.84 Å². The molecule has 2 nitrogen and oxygen atoms in total. The molecule has 0 heterocycles. The lowest BCUT2D eigenvalue weighted by molar-refractivity contribution is 1.13. The summed E-state index contributed by atoms with van der Waals surface area (Å²) in [5, 5.41) is 7.11. The molecule has 12 heavy (non-hydrogen) atoms. The van der Waals surface area contributed by atoms with Crippen LogP contribution >= 0.6 is 0 Å². The molecule has 1 aromatic carbocycles.